The SMILES string of the molecule is COc1ccc(COC(=O)N(C(=O)OCc2ccc(OC)cc2)C(CCCCN)C(=O)O)cc1. The Morgan fingerprint density at radius 3 is 1.62 bits per heavy atom. The van der Waals surface area contributed by atoms with Crippen molar-refractivity contribution in [2.24, 2.45) is 5.73 Å². The molecule has 0 fully saturated rings. The first-order valence-electron chi connectivity index (χ1n) is 10.7. The van der Waals surface area contributed by atoms with Crippen molar-refractivity contribution in [1.29, 1.82) is 0 Å². The van der Waals surface area contributed by atoms with Crippen LogP contribution in [0.3, 0.4) is 0 Å². The molecule has 3 N–H and O–H groups in total. The summed E-state index contributed by atoms with van der Waals surface area (Å²) in [6.45, 7) is 0.0244. The highest BCUT2D eigenvalue weighted by Crippen LogP contribution is 2.18. The van der Waals surface area contributed by atoms with E-state index < -0.39 is 24.2 Å². The van der Waals surface area contributed by atoms with Gasteiger partial charge in [-0.3, -0.25) is 0 Å². The van der Waals surface area contributed by atoms with E-state index in [-0.39, 0.29) is 19.6 Å². The van der Waals surface area contributed by atoms with Gasteiger partial charge in [0.25, 0.3) is 0 Å². The summed E-state index contributed by atoms with van der Waals surface area (Å²) in [5, 5.41) is 9.71. The van der Waals surface area contributed by atoms with Gasteiger partial charge in [0.05, 0.1) is 14.2 Å². The molecule has 0 spiro atoms. The number of carbonyl (C=O) groups excluding carboxylic acids is 2. The molecule has 1 unspecified atom stereocenters. The minimum atomic E-state index is -1.46. The van der Waals surface area contributed by atoms with Gasteiger partial charge in [-0.1, -0.05) is 24.3 Å². The first-order valence-corrected chi connectivity index (χ1v) is 10.7. The first-order chi connectivity index (χ1) is 16.4. The molecule has 0 bridgehead atoms. The lowest BCUT2D eigenvalue weighted by Crippen LogP contribution is -2.49. The van der Waals surface area contributed by atoms with Crippen molar-refractivity contribution in [2.75, 3.05) is 20.8 Å². The van der Waals surface area contributed by atoms with Gasteiger partial charge in [-0.15, -0.1) is 0 Å². The number of imide groups is 1. The number of amides is 2. The minimum Gasteiger partial charge on any atom is -0.497 e. The molecule has 0 aromatic heterocycles. The van der Waals surface area contributed by atoms with Gasteiger partial charge >= 0.3 is 18.2 Å². The summed E-state index contributed by atoms with van der Waals surface area (Å²) < 4.78 is 20.7. The number of hydrogen-bond acceptors (Lipinski definition) is 8. The third kappa shape index (κ3) is 7.96. The summed E-state index contributed by atoms with van der Waals surface area (Å²) in [6, 6.07) is 12.1. The average Bonchev–Trinajstić information content (AvgIpc) is 2.86. The van der Waals surface area contributed by atoms with Gasteiger partial charge in [0.2, 0.25) is 0 Å². The number of methoxy groups -OCH3 is 2. The van der Waals surface area contributed by atoms with Gasteiger partial charge in [0.15, 0.2) is 0 Å². The van der Waals surface area contributed by atoms with E-state index in [1.54, 1.807) is 48.5 Å². The molecule has 0 aliphatic carbocycles. The normalized spacial score (nSPS) is 11.3. The number of ether oxygens (including phenoxy) is 4. The molecule has 0 aliphatic rings. The lowest BCUT2D eigenvalue weighted by Gasteiger charge is -2.26. The number of carboxylic acid groups (broad SMARTS) is 1. The van der Waals surface area contributed by atoms with Crippen LogP contribution < -0.4 is 15.2 Å². The third-order valence-electron chi connectivity index (χ3n) is 4.96. The summed E-state index contributed by atoms with van der Waals surface area (Å²) >= 11 is 0. The quantitative estimate of drug-likeness (QED) is 0.442. The molecular weight excluding hydrogens is 444 g/mol. The van der Waals surface area contributed by atoms with Gasteiger partial charge in [0, 0.05) is 0 Å². The summed E-state index contributed by atoms with van der Waals surface area (Å²) in [5.74, 6) is -0.0888. The van der Waals surface area contributed by atoms with Crippen molar-refractivity contribution in [3.05, 3.63) is 59.7 Å². The summed E-state index contributed by atoms with van der Waals surface area (Å²) in [6.07, 6.45) is -1.27. The Morgan fingerprint density at radius 1 is 0.824 bits per heavy atom. The Labute approximate surface area is 198 Å². The maximum atomic E-state index is 12.8. The Bertz CT molecular complexity index is 867. The van der Waals surface area contributed by atoms with Crippen LogP contribution in [0.2, 0.25) is 0 Å². The van der Waals surface area contributed by atoms with Crippen molar-refractivity contribution < 1.29 is 38.4 Å². The summed E-state index contributed by atoms with van der Waals surface area (Å²) in [7, 11) is 3.06. The predicted molar refractivity (Wildman–Crippen MR) is 123 cm³/mol. The smallest absolute Gasteiger partial charge is 0.420 e. The van der Waals surface area contributed by atoms with Crippen LogP contribution in [0.5, 0.6) is 11.5 Å². The molecule has 0 aliphatic heterocycles. The standard InChI is InChI=1S/C24H30N2O8/c1-31-19-10-6-17(7-11-19)15-33-23(29)26(21(22(27)28)5-3-4-14-25)24(30)34-16-18-8-12-20(32-2)13-9-18/h6-13,21H,3-5,14-16,25H2,1-2H3,(H,27,28). The molecule has 10 nitrogen and oxygen atoms in total. The molecule has 0 radical (unpaired) electrons. The van der Waals surface area contributed by atoms with Gasteiger partial charge in [-0.25, -0.2) is 14.4 Å². The predicted octanol–water partition coefficient (Wildman–Crippen LogP) is 3.56. The van der Waals surface area contributed by atoms with E-state index in [0.29, 0.717) is 46.9 Å². The largest absolute Gasteiger partial charge is 0.497 e. The van der Waals surface area contributed by atoms with Crippen molar-refractivity contribution >= 4 is 18.2 Å². The van der Waals surface area contributed by atoms with Crippen molar-refractivity contribution in [1.82, 2.24) is 4.90 Å². The number of nitrogens with two attached hydrogens (primary N) is 1. The van der Waals surface area contributed by atoms with Crippen LogP contribution in [0.25, 0.3) is 0 Å². The molecule has 0 saturated heterocycles. The van der Waals surface area contributed by atoms with E-state index in [9.17, 15) is 19.5 Å². The number of benzene rings is 2. The summed E-state index contributed by atoms with van der Waals surface area (Å²) in [5.41, 5.74) is 6.76. The molecule has 0 saturated carbocycles. The maximum Gasteiger partial charge on any atom is 0.420 e. The number of carboxylic acids is 1. The third-order valence-corrected chi connectivity index (χ3v) is 4.96. The van der Waals surface area contributed by atoms with E-state index >= 15 is 0 Å². The maximum absolute atomic E-state index is 12.8. The van der Waals surface area contributed by atoms with E-state index in [0.717, 1.165) is 0 Å². The van der Waals surface area contributed by atoms with E-state index in [2.05, 4.69) is 0 Å². The second kappa shape index (κ2) is 13.7. The molecule has 10 heteroatoms. The van der Waals surface area contributed by atoms with Crippen LogP contribution in [0, 0.1) is 0 Å². The lowest BCUT2D eigenvalue weighted by atomic mass is 10.1. The molecule has 0 heterocycles. The fourth-order valence-electron chi connectivity index (χ4n) is 3.05. The average molecular weight is 475 g/mol. The molecular formula is C24H30N2O8. The summed E-state index contributed by atoms with van der Waals surface area (Å²) in [4.78, 5) is 38.1. The highest BCUT2D eigenvalue weighted by atomic mass is 16.6. The van der Waals surface area contributed by atoms with Gasteiger partial charge in [0.1, 0.15) is 30.8 Å². The second-order valence-corrected chi connectivity index (χ2v) is 7.31. The van der Waals surface area contributed by atoms with Crippen molar-refractivity contribution in [3.8, 4) is 11.5 Å². The van der Waals surface area contributed by atoms with Crippen LogP contribution in [-0.4, -0.2) is 55.0 Å². The van der Waals surface area contributed by atoms with Crippen LogP contribution >= 0.6 is 0 Å². The minimum absolute atomic E-state index is 0.0157. The highest BCUT2D eigenvalue weighted by Gasteiger charge is 2.37. The number of nitrogens with zero attached hydrogens (tertiary/aromatic N) is 1. The molecule has 2 aromatic carbocycles. The molecule has 2 amide bonds. The molecule has 2 aromatic rings. The van der Waals surface area contributed by atoms with Gasteiger partial charge in [-0.05, 0) is 61.2 Å². The number of aliphatic carboxylic acids is 1. The van der Waals surface area contributed by atoms with Crippen molar-refractivity contribution in [2.45, 2.75) is 38.5 Å². The Morgan fingerprint density at radius 2 is 1.26 bits per heavy atom. The highest BCUT2D eigenvalue weighted by molar-refractivity contribution is 5.93. The van der Waals surface area contributed by atoms with Gasteiger partial charge in [-0.2, -0.15) is 4.90 Å². The Hall–Kier alpha value is -3.79. The number of rotatable bonds is 12. The zero-order valence-electron chi connectivity index (χ0n) is 19.3. The fraction of sp³-hybridized carbons (Fsp3) is 0.375. The van der Waals surface area contributed by atoms with E-state index in [1.165, 1.54) is 14.2 Å². The zero-order chi connectivity index (χ0) is 24.9. The molecule has 1 atom stereocenters. The van der Waals surface area contributed by atoms with Crippen LogP contribution in [0.4, 0.5) is 9.59 Å². The van der Waals surface area contributed by atoms with Crippen LogP contribution in [0.15, 0.2) is 48.5 Å². The molecule has 184 valence electrons. The number of carbonyl (C=O) groups is 3. The Kier molecular flexibility index (Phi) is 10.7. The van der Waals surface area contributed by atoms with E-state index in [4.69, 9.17) is 24.7 Å². The fourth-order valence-corrected chi connectivity index (χ4v) is 3.05. The van der Waals surface area contributed by atoms with Gasteiger partial charge < -0.3 is 29.8 Å². The number of unbranched alkanes of at least 4 members (excludes halogenated alkanes) is 1. The Balaban J connectivity index is 2.13. The lowest BCUT2D eigenvalue weighted by molar-refractivity contribution is -0.142. The van der Waals surface area contributed by atoms with E-state index in [1.807, 2.05) is 0 Å². The first kappa shape index (κ1) is 26.5. The molecule has 34 heavy (non-hydrogen) atoms. The molecule has 2 rings (SSSR count). The number of hydrogen-bond donors (Lipinski definition) is 2. The monoisotopic (exact) mass is 474 g/mol. The van der Waals surface area contributed by atoms with Crippen LogP contribution in [-0.2, 0) is 27.5 Å². The van der Waals surface area contributed by atoms with Crippen molar-refractivity contribution in [3.63, 3.8) is 0 Å². The second-order valence-electron chi connectivity index (χ2n) is 7.31. The topological polar surface area (TPSA) is 138 Å². The zero-order valence-corrected chi connectivity index (χ0v) is 19.3. The van der Waals surface area contributed by atoms with Crippen LogP contribution in [0.1, 0.15) is 30.4 Å².